The number of hydrogen-bond acceptors (Lipinski definition) is 2. The summed E-state index contributed by atoms with van der Waals surface area (Å²) in [6, 6.07) is 8.19. The Labute approximate surface area is 130 Å². The monoisotopic (exact) mass is 303 g/mol. The molecule has 0 aromatic carbocycles. The average molecular weight is 303 g/mol. The summed E-state index contributed by atoms with van der Waals surface area (Å²) in [6.45, 7) is 8.16. The fraction of sp³-hybridized carbons (Fsp3) is 0.438. The number of nitrogens with zero attached hydrogens (tertiary/aromatic N) is 2. The Hall–Kier alpha value is -1.75. The van der Waals surface area contributed by atoms with E-state index in [1.54, 1.807) is 6.26 Å². The van der Waals surface area contributed by atoms with Gasteiger partial charge >= 0.3 is 0 Å². The summed E-state index contributed by atoms with van der Waals surface area (Å²) in [6.07, 6.45) is 3.83. The molecule has 5 heteroatoms. The normalized spacial score (nSPS) is 18.4. The quantitative estimate of drug-likeness (QED) is 0.821. The summed E-state index contributed by atoms with van der Waals surface area (Å²) >= 11 is 5.64. The lowest BCUT2D eigenvalue weighted by Gasteiger charge is -2.39. The van der Waals surface area contributed by atoms with Crippen LogP contribution in [0.5, 0.6) is 0 Å². The lowest BCUT2D eigenvalue weighted by Crippen LogP contribution is -2.52. The van der Waals surface area contributed by atoms with Gasteiger partial charge in [-0.25, -0.2) is 0 Å². The van der Waals surface area contributed by atoms with E-state index in [0.717, 1.165) is 24.0 Å². The molecule has 21 heavy (non-hydrogen) atoms. The first-order valence-electron chi connectivity index (χ1n) is 7.23. The molecule has 1 aliphatic rings. The highest BCUT2D eigenvalue weighted by molar-refractivity contribution is 7.80. The highest BCUT2D eigenvalue weighted by atomic mass is 32.1. The zero-order valence-electron chi connectivity index (χ0n) is 12.7. The third-order valence-corrected chi connectivity index (χ3v) is 3.93. The molecule has 0 aliphatic carbocycles. The summed E-state index contributed by atoms with van der Waals surface area (Å²) in [7, 11) is 0. The molecule has 0 radical (unpaired) electrons. The molecule has 112 valence electrons. The van der Waals surface area contributed by atoms with Gasteiger partial charge in [-0.15, -0.1) is 0 Å². The van der Waals surface area contributed by atoms with Gasteiger partial charge in [-0.2, -0.15) is 0 Å². The molecule has 3 heterocycles. The van der Waals surface area contributed by atoms with Crippen LogP contribution in [0, 0.1) is 0 Å². The van der Waals surface area contributed by atoms with Crippen molar-refractivity contribution in [3.8, 4) is 0 Å². The highest BCUT2D eigenvalue weighted by Crippen LogP contribution is 2.32. The summed E-state index contributed by atoms with van der Waals surface area (Å²) in [5.41, 5.74) is 1.17. The SMILES string of the molecule is CC(C)(C)NC(=S)N1CCn2cccc2C1c1ccco1. The van der Waals surface area contributed by atoms with Crippen LogP contribution in [-0.2, 0) is 6.54 Å². The van der Waals surface area contributed by atoms with E-state index in [2.05, 4.69) is 53.9 Å². The molecular weight excluding hydrogens is 282 g/mol. The van der Waals surface area contributed by atoms with Gasteiger partial charge in [-0.3, -0.25) is 0 Å². The molecule has 1 unspecified atom stereocenters. The Balaban J connectivity index is 1.95. The maximum Gasteiger partial charge on any atom is 0.170 e. The summed E-state index contributed by atoms with van der Waals surface area (Å²) in [5, 5.41) is 4.18. The molecule has 1 N–H and O–H groups in total. The Morgan fingerprint density at radius 2 is 2.10 bits per heavy atom. The van der Waals surface area contributed by atoms with Crippen LogP contribution in [0.25, 0.3) is 0 Å². The van der Waals surface area contributed by atoms with Crippen molar-refractivity contribution in [1.82, 2.24) is 14.8 Å². The summed E-state index contributed by atoms with van der Waals surface area (Å²) < 4.78 is 7.93. The molecule has 0 amide bonds. The van der Waals surface area contributed by atoms with Crippen LogP contribution in [-0.4, -0.2) is 26.7 Å². The van der Waals surface area contributed by atoms with Gasteiger partial charge in [0.25, 0.3) is 0 Å². The molecule has 1 atom stereocenters. The van der Waals surface area contributed by atoms with Crippen LogP contribution in [0.1, 0.15) is 38.3 Å². The number of aromatic nitrogens is 1. The smallest absolute Gasteiger partial charge is 0.170 e. The van der Waals surface area contributed by atoms with Crippen molar-refractivity contribution in [2.24, 2.45) is 0 Å². The van der Waals surface area contributed by atoms with Crippen molar-refractivity contribution in [3.05, 3.63) is 48.2 Å². The molecule has 0 saturated heterocycles. The van der Waals surface area contributed by atoms with E-state index in [4.69, 9.17) is 16.6 Å². The first-order chi connectivity index (χ1) is 9.96. The largest absolute Gasteiger partial charge is 0.467 e. The molecule has 4 nitrogen and oxygen atoms in total. The van der Waals surface area contributed by atoms with Crippen LogP contribution in [0.3, 0.4) is 0 Å². The fourth-order valence-electron chi connectivity index (χ4n) is 2.74. The molecular formula is C16H21N3OS. The zero-order chi connectivity index (χ0) is 15.0. The van der Waals surface area contributed by atoms with Crippen molar-refractivity contribution < 1.29 is 4.42 Å². The van der Waals surface area contributed by atoms with Crippen molar-refractivity contribution in [2.45, 2.75) is 38.9 Å². The number of fused-ring (bicyclic) bond motifs is 1. The van der Waals surface area contributed by atoms with E-state index in [0.29, 0.717) is 0 Å². The lowest BCUT2D eigenvalue weighted by molar-refractivity contribution is 0.250. The second kappa shape index (κ2) is 5.22. The van der Waals surface area contributed by atoms with E-state index >= 15 is 0 Å². The average Bonchev–Trinajstić information content (AvgIpc) is 3.06. The minimum Gasteiger partial charge on any atom is -0.467 e. The maximum absolute atomic E-state index is 5.67. The van der Waals surface area contributed by atoms with Crippen molar-refractivity contribution in [2.75, 3.05) is 6.54 Å². The van der Waals surface area contributed by atoms with Gasteiger partial charge in [-0.05, 0) is 57.3 Å². The Morgan fingerprint density at radius 1 is 1.29 bits per heavy atom. The van der Waals surface area contributed by atoms with E-state index in [-0.39, 0.29) is 11.6 Å². The predicted molar refractivity (Wildman–Crippen MR) is 87.2 cm³/mol. The number of hydrogen-bond donors (Lipinski definition) is 1. The Morgan fingerprint density at radius 3 is 2.76 bits per heavy atom. The van der Waals surface area contributed by atoms with Crippen LogP contribution < -0.4 is 5.32 Å². The number of rotatable bonds is 1. The second-order valence-corrected chi connectivity index (χ2v) is 6.80. The molecule has 0 fully saturated rings. The summed E-state index contributed by atoms with van der Waals surface area (Å²) in [4.78, 5) is 2.22. The molecule has 0 bridgehead atoms. The predicted octanol–water partition coefficient (Wildman–Crippen LogP) is 3.16. The molecule has 0 saturated carbocycles. The van der Waals surface area contributed by atoms with Gasteiger partial charge in [0.2, 0.25) is 0 Å². The zero-order valence-corrected chi connectivity index (χ0v) is 13.5. The molecule has 0 spiro atoms. The first-order valence-corrected chi connectivity index (χ1v) is 7.64. The van der Waals surface area contributed by atoms with Crippen molar-refractivity contribution in [1.29, 1.82) is 0 Å². The van der Waals surface area contributed by atoms with E-state index < -0.39 is 0 Å². The van der Waals surface area contributed by atoms with Gasteiger partial charge < -0.3 is 19.2 Å². The van der Waals surface area contributed by atoms with Gasteiger partial charge in [-0.1, -0.05) is 0 Å². The number of furan rings is 1. The molecule has 2 aromatic heterocycles. The maximum atomic E-state index is 5.67. The van der Waals surface area contributed by atoms with Crippen molar-refractivity contribution in [3.63, 3.8) is 0 Å². The first kappa shape index (κ1) is 14.2. The van der Waals surface area contributed by atoms with E-state index in [1.165, 1.54) is 5.69 Å². The van der Waals surface area contributed by atoms with Gasteiger partial charge in [0.15, 0.2) is 5.11 Å². The summed E-state index contributed by atoms with van der Waals surface area (Å²) in [5.74, 6) is 0.924. The highest BCUT2D eigenvalue weighted by Gasteiger charge is 2.33. The van der Waals surface area contributed by atoms with E-state index in [9.17, 15) is 0 Å². The Kier molecular flexibility index (Phi) is 3.53. The third-order valence-electron chi connectivity index (χ3n) is 3.59. The number of thiocarbonyl (C=S) groups is 1. The topological polar surface area (TPSA) is 33.3 Å². The second-order valence-electron chi connectivity index (χ2n) is 6.42. The third kappa shape index (κ3) is 2.83. The van der Waals surface area contributed by atoms with Crippen LogP contribution in [0.4, 0.5) is 0 Å². The molecule has 3 rings (SSSR count). The number of nitrogens with one attached hydrogen (secondary N) is 1. The molecule has 2 aromatic rings. The Bertz CT molecular complexity index is 624. The van der Waals surface area contributed by atoms with Gasteiger partial charge in [0.05, 0.1) is 6.26 Å². The van der Waals surface area contributed by atoms with Crippen LogP contribution >= 0.6 is 12.2 Å². The van der Waals surface area contributed by atoms with Crippen LogP contribution in [0.2, 0.25) is 0 Å². The van der Waals surface area contributed by atoms with Crippen LogP contribution in [0.15, 0.2) is 41.1 Å². The molecule has 1 aliphatic heterocycles. The minimum absolute atomic E-state index is 0.0334. The standard InChI is InChI=1S/C16H21N3OS/c1-16(2,3)17-15(21)19-10-9-18-8-4-6-12(18)14(19)13-7-5-11-20-13/h4-8,11,14H,9-10H2,1-3H3,(H,17,21). The fourth-order valence-corrected chi connectivity index (χ4v) is 3.24. The van der Waals surface area contributed by atoms with E-state index in [1.807, 2.05) is 12.1 Å². The van der Waals surface area contributed by atoms with Crippen molar-refractivity contribution >= 4 is 17.3 Å². The van der Waals surface area contributed by atoms with Gasteiger partial charge in [0.1, 0.15) is 11.8 Å². The van der Waals surface area contributed by atoms with Gasteiger partial charge in [0, 0.05) is 30.5 Å². The minimum atomic E-state index is -0.0514. The lowest BCUT2D eigenvalue weighted by atomic mass is 10.1.